The van der Waals surface area contributed by atoms with E-state index in [2.05, 4.69) is 0 Å². The van der Waals surface area contributed by atoms with E-state index in [-0.39, 0.29) is 16.5 Å². The van der Waals surface area contributed by atoms with Crippen LogP contribution < -0.4 is 11.2 Å². The zero-order valence-electron chi connectivity index (χ0n) is 12.1. The Kier molecular flexibility index (Phi) is 4.63. The fraction of sp³-hybridized carbons (Fsp3) is 0.214. The van der Waals surface area contributed by atoms with E-state index < -0.39 is 34.3 Å². The van der Waals surface area contributed by atoms with Crippen LogP contribution in [0.2, 0.25) is 5.02 Å². The maximum Gasteiger partial charge on any atom is 0.337 e. The van der Waals surface area contributed by atoms with Crippen LogP contribution in [-0.4, -0.2) is 20.2 Å². The van der Waals surface area contributed by atoms with Crippen molar-refractivity contribution in [2.24, 2.45) is 7.05 Å². The third-order valence-corrected chi connectivity index (χ3v) is 4.10. The van der Waals surface area contributed by atoms with Gasteiger partial charge in [0.05, 0.1) is 27.7 Å². The number of benzene rings is 1. The molecule has 0 bridgehead atoms. The molecule has 0 amide bonds. The summed E-state index contributed by atoms with van der Waals surface area (Å²) in [4.78, 5) is 35.9. The number of hydrogen-bond donors (Lipinski definition) is 1. The highest BCUT2D eigenvalue weighted by molar-refractivity contribution is 6.33. The van der Waals surface area contributed by atoms with E-state index >= 15 is 0 Å². The number of halogens is 3. The number of aromatic nitrogens is 2. The molecular weight excluding hydrogens is 350 g/mol. The highest BCUT2D eigenvalue weighted by atomic mass is 35.5. The Morgan fingerprint density at radius 1 is 1.35 bits per heavy atom. The molecule has 0 aliphatic carbocycles. The number of hydrogen-bond acceptors (Lipinski definition) is 3. The molecule has 1 N–H and O–H groups in total. The first-order valence-corrected chi connectivity index (χ1v) is 7.22. The van der Waals surface area contributed by atoms with Crippen molar-refractivity contribution in [3.63, 3.8) is 0 Å². The number of carbonyl (C=O) groups is 1. The minimum Gasteiger partial charge on any atom is -0.478 e. The van der Waals surface area contributed by atoms with Gasteiger partial charge in [-0.3, -0.25) is 4.79 Å². The van der Waals surface area contributed by atoms with E-state index in [4.69, 9.17) is 28.3 Å². The second-order valence-corrected chi connectivity index (χ2v) is 5.44. The molecule has 0 saturated carbocycles. The van der Waals surface area contributed by atoms with Gasteiger partial charge in [-0.25, -0.2) is 18.5 Å². The summed E-state index contributed by atoms with van der Waals surface area (Å²) in [6, 6.07) is 1.59. The smallest absolute Gasteiger partial charge is 0.337 e. The predicted molar refractivity (Wildman–Crippen MR) is 83.5 cm³/mol. The van der Waals surface area contributed by atoms with Gasteiger partial charge in [-0.05, 0) is 19.1 Å². The molecule has 2 rings (SSSR count). The summed E-state index contributed by atoms with van der Waals surface area (Å²) < 4.78 is 15.9. The number of aromatic carboxylic acids is 1. The summed E-state index contributed by atoms with van der Waals surface area (Å²) in [5.74, 6) is -2.59. The van der Waals surface area contributed by atoms with Crippen LogP contribution in [0.25, 0.3) is 5.69 Å². The molecule has 0 aliphatic rings. The summed E-state index contributed by atoms with van der Waals surface area (Å²) in [7, 11) is 1.40. The van der Waals surface area contributed by atoms with Gasteiger partial charge in [0.25, 0.3) is 5.56 Å². The second kappa shape index (κ2) is 6.17. The van der Waals surface area contributed by atoms with E-state index in [0.717, 1.165) is 16.7 Å². The highest BCUT2D eigenvalue weighted by Crippen LogP contribution is 2.22. The fourth-order valence-corrected chi connectivity index (χ4v) is 2.65. The van der Waals surface area contributed by atoms with E-state index in [1.165, 1.54) is 14.0 Å². The van der Waals surface area contributed by atoms with E-state index in [1.54, 1.807) is 0 Å². The van der Waals surface area contributed by atoms with Crippen LogP contribution in [-0.2, 0) is 12.9 Å². The average Bonchev–Trinajstić information content (AvgIpc) is 2.47. The van der Waals surface area contributed by atoms with Gasteiger partial charge in [0.1, 0.15) is 5.82 Å². The molecule has 23 heavy (non-hydrogen) atoms. The SMILES string of the molecule is Cc1c(CCl)c(=O)n(-c2cc(C(=O)O)c(Cl)cc2F)c(=O)n1C. The van der Waals surface area contributed by atoms with Gasteiger partial charge in [-0.15, -0.1) is 11.6 Å². The van der Waals surface area contributed by atoms with Gasteiger partial charge >= 0.3 is 11.7 Å². The Hall–Kier alpha value is -2.12. The van der Waals surface area contributed by atoms with Crippen molar-refractivity contribution in [2.45, 2.75) is 12.8 Å². The lowest BCUT2D eigenvalue weighted by molar-refractivity contribution is 0.0697. The van der Waals surface area contributed by atoms with Crippen LogP contribution >= 0.6 is 23.2 Å². The third kappa shape index (κ3) is 2.77. The first-order valence-electron chi connectivity index (χ1n) is 6.30. The first-order chi connectivity index (χ1) is 10.7. The van der Waals surface area contributed by atoms with Crippen molar-refractivity contribution >= 4 is 29.2 Å². The van der Waals surface area contributed by atoms with E-state index in [9.17, 15) is 18.8 Å². The lowest BCUT2D eigenvalue weighted by Gasteiger charge is -2.14. The Morgan fingerprint density at radius 3 is 2.48 bits per heavy atom. The van der Waals surface area contributed by atoms with Gasteiger partial charge < -0.3 is 9.67 Å². The molecule has 1 heterocycles. The van der Waals surface area contributed by atoms with Crippen molar-refractivity contribution in [3.8, 4) is 5.69 Å². The van der Waals surface area contributed by atoms with Crippen LogP contribution in [0.5, 0.6) is 0 Å². The quantitative estimate of drug-likeness (QED) is 0.849. The standard InChI is InChI=1S/C14H11Cl2FN2O4/c1-6-8(5-15)12(20)19(14(23)18(6)2)11-3-7(13(21)22)9(16)4-10(11)17/h3-4H,5H2,1-2H3,(H,21,22). The zero-order chi connectivity index (χ0) is 17.5. The van der Waals surface area contributed by atoms with E-state index in [0.29, 0.717) is 10.3 Å². The molecule has 0 saturated heterocycles. The maximum absolute atomic E-state index is 14.2. The van der Waals surface area contributed by atoms with Crippen molar-refractivity contribution in [2.75, 3.05) is 0 Å². The number of alkyl halides is 1. The fourth-order valence-electron chi connectivity index (χ4n) is 2.11. The molecule has 0 aliphatic heterocycles. The summed E-state index contributed by atoms with van der Waals surface area (Å²) in [6.07, 6.45) is 0. The topological polar surface area (TPSA) is 81.3 Å². The highest BCUT2D eigenvalue weighted by Gasteiger charge is 2.20. The Bertz CT molecular complexity index is 934. The molecule has 0 spiro atoms. The Balaban J connectivity index is 2.96. The molecule has 6 nitrogen and oxygen atoms in total. The summed E-state index contributed by atoms with van der Waals surface area (Å²) in [6.45, 7) is 1.53. The van der Waals surface area contributed by atoms with Gasteiger partial charge in [-0.2, -0.15) is 0 Å². The molecule has 122 valence electrons. The number of rotatable bonds is 3. The molecule has 0 fully saturated rings. The Labute approximate surface area is 139 Å². The molecule has 1 aromatic carbocycles. The average molecular weight is 361 g/mol. The van der Waals surface area contributed by atoms with Crippen LogP contribution in [0.1, 0.15) is 21.6 Å². The molecule has 1 aromatic heterocycles. The second-order valence-electron chi connectivity index (χ2n) is 4.77. The normalized spacial score (nSPS) is 10.8. The molecule has 0 unspecified atom stereocenters. The van der Waals surface area contributed by atoms with Crippen LogP contribution in [0.4, 0.5) is 4.39 Å². The minimum absolute atomic E-state index is 0.111. The lowest BCUT2D eigenvalue weighted by atomic mass is 10.1. The predicted octanol–water partition coefficient (Wildman–Crippen LogP) is 2.07. The largest absolute Gasteiger partial charge is 0.478 e. The van der Waals surface area contributed by atoms with Gasteiger partial charge in [-0.1, -0.05) is 11.6 Å². The van der Waals surface area contributed by atoms with Gasteiger partial charge in [0.2, 0.25) is 0 Å². The molecule has 2 aromatic rings. The van der Waals surface area contributed by atoms with Crippen molar-refractivity contribution in [1.29, 1.82) is 0 Å². The maximum atomic E-state index is 14.2. The molecule has 0 atom stereocenters. The third-order valence-electron chi connectivity index (χ3n) is 3.52. The van der Waals surface area contributed by atoms with Crippen LogP contribution in [0, 0.1) is 12.7 Å². The molecular formula is C14H11Cl2FN2O4. The lowest BCUT2D eigenvalue weighted by Crippen LogP contribution is -2.41. The van der Waals surface area contributed by atoms with E-state index in [1.807, 2.05) is 0 Å². The number of carboxylic acid groups (broad SMARTS) is 1. The van der Waals surface area contributed by atoms with Crippen molar-refractivity contribution in [1.82, 2.24) is 9.13 Å². The van der Waals surface area contributed by atoms with Crippen LogP contribution in [0.3, 0.4) is 0 Å². The summed E-state index contributed by atoms with van der Waals surface area (Å²) in [5, 5.41) is 8.73. The van der Waals surface area contributed by atoms with Crippen LogP contribution in [0.15, 0.2) is 21.7 Å². The molecule has 9 heteroatoms. The molecule has 0 radical (unpaired) electrons. The van der Waals surface area contributed by atoms with Crippen molar-refractivity contribution in [3.05, 3.63) is 60.6 Å². The first kappa shape index (κ1) is 17.2. The van der Waals surface area contributed by atoms with Gasteiger partial charge in [0, 0.05) is 12.7 Å². The zero-order valence-corrected chi connectivity index (χ0v) is 13.6. The minimum atomic E-state index is -1.41. The number of nitrogens with zero attached hydrogens (tertiary/aromatic N) is 2. The Morgan fingerprint density at radius 2 is 1.96 bits per heavy atom. The van der Waals surface area contributed by atoms with Gasteiger partial charge in [0.15, 0.2) is 0 Å². The van der Waals surface area contributed by atoms with Crippen molar-refractivity contribution < 1.29 is 14.3 Å². The summed E-state index contributed by atoms with van der Waals surface area (Å²) in [5.41, 5.74) is -2.09. The number of carboxylic acids is 1. The monoisotopic (exact) mass is 360 g/mol. The summed E-state index contributed by atoms with van der Waals surface area (Å²) >= 11 is 11.4.